The maximum absolute atomic E-state index is 9.81. The SMILES string of the molecule is [2H]c1c([2H])c([2H])c(-c2nc(-c3c([2H])c([2H])c(-c4c([2H])c([2H])c([2H])c([2H])c4[2H])c([2H])c3[2H])nc(-n3c4c([2H])c([2H])c([2H])c([2H])c4c4c([2H])c([2H])c5c(c6c([2H])c([2H])c([2H])c([2H])c6n5-c5cccc(-c6ccccc6)c5)c43)n2)c([2H])c1[2H]. The van der Waals surface area contributed by atoms with Gasteiger partial charge in [0.05, 0.1) is 55.0 Å². The summed E-state index contributed by atoms with van der Waals surface area (Å²) in [6.45, 7) is 0. The summed E-state index contributed by atoms with van der Waals surface area (Å²) in [5.74, 6) is -2.47. The van der Waals surface area contributed by atoms with E-state index in [9.17, 15) is 13.7 Å². The smallest absolute Gasteiger partial charge is 0.238 e. The lowest BCUT2D eigenvalue weighted by Gasteiger charge is -2.12. The minimum Gasteiger partial charge on any atom is -0.309 e. The molecular weight excluding hydrogens is 683 g/mol. The zero-order chi connectivity index (χ0) is 57.9. The molecule has 0 bridgehead atoms. The van der Waals surface area contributed by atoms with Crippen LogP contribution in [-0.4, -0.2) is 24.1 Å². The van der Waals surface area contributed by atoms with Crippen LogP contribution in [0.15, 0.2) is 200 Å². The molecule has 3 heterocycles. The fourth-order valence-electron chi connectivity index (χ4n) is 6.71. The molecule has 3 aromatic heterocycles. The van der Waals surface area contributed by atoms with Crippen molar-refractivity contribution in [3.05, 3.63) is 200 Å². The molecule has 5 nitrogen and oxygen atoms in total. The van der Waals surface area contributed by atoms with Crippen molar-refractivity contribution in [3.8, 4) is 56.7 Å². The molecular formula is C51H33N5. The van der Waals surface area contributed by atoms with E-state index in [-0.39, 0.29) is 33.0 Å². The Hall–Kier alpha value is -7.63. The van der Waals surface area contributed by atoms with E-state index in [1.54, 1.807) is 36.4 Å². The van der Waals surface area contributed by atoms with E-state index in [1.165, 1.54) is 4.57 Å². The van der Waals surface area contributed by atoms with Gasteiger partial charge in [0.25, 0.3) is 0 Å². The molecule has 0 unspecified atom stereocenters. The van der Waals surface area contributed by atoms with Crippen molar-refractivity contribution < 1.29 is 32.9 Å². The summed E-state index contributed by atoms with van der Waals surface area (Å²) in [7, 11) is 0. The Morgan fingerprint density at radius 1 is 0.375 bits per heavy atom. The monoisotopic (exact) mass is 739 g/mol. The Labute approximate surface area is 357 Å². The second-order valence-corrected chi connectivity index (χ2v) is 12.3. The third-order valence-corrected chi connectivity index (χ3v) is 9.10. The predicted molar refractivity (Wildman–Crippen MR) is 230 cm³/mol. The van der Waals surface area contributed by atoms with Gasteiger partial charge < -0.3 is 4.57 Å². The highest BCUT2D eigenvalue weighted by Gasteiger charge is 2.23. The lowest BCUT2D eigenvalue weighted by molar-refractivity contribution is 0.955. The van der Waals surface area contributed by atoms with Crippen molar-refractivity contribution in [2.45, 2.75) is 0 Å². The highest BCUT2D eigenvalue weighted by Crippen LogP contribution is 2.42. The number of nitrogens with zero attached hydrogens (tertiary/aromatic N) is 5. The molecule has 0 atom stereocenters. The van der Waals surface area contributed by atoms with Crippen molar-refractivity contribution >= 4 is 43.6 Å². The molecule has 0 aliphatic heterocycles. The molecule has 11 aromatic rings. The summed E-state index contributed by atoms with van der Waals surface area (Å²) in [4.78, 5) is 13.6. The van der Waals surface area contributed by atoms with Gasteiger partial charge in [0.15, 0.2) is 11.6 Å². The summed E-state index contributed by atoms with van der Waals surface area (Å²) in [6, 6.07) is -4.03. The highest BCUT2D eigenvalue weighted by molar-refractivity contribution is 6.26. The average Bonchev–Trinajstić information content (AvgIpc) is 4.13. The molecule has 0 aliphatic carbocycles. The molecule has 56 heavy (non-hydrogen) atoms. The van der Waals surface area contributed by atoms with Gasteiger partial charge in [0.1, 0.15) is 0 Å². The van der Waals surface area contributed by atoms with Crippen LogP contribution in [0.2, 0.25) is 0 Å². The van der Waals surface area contributed by atoms with Gasteiger partial charge in [0.2, 0.25) is 5.95 Å². The van der Waals surface area contributed by atoms with Crippen molar-refractivity contribution in [2.24, 2.45) is 0 Å². The Morgan fingerprint density at radius 3 is 1.68 bits per heavy atom. The standard InChI is InChI=1S/C51H33N5/c1-4-15-34(16-5-1)36-27-29-38(30-28-36)50-52-49(37-19-8-3-9-20-37)53-51(54-50)56-44-25-12-10-23-41(44)42-31-32-46-47(48(42)56)43-24-11-13-26-45(43)55(46)40-22-14-21-39(33-40)35-17-6-2-7-18-35/h1-33H/i1D,3D,4D,5D,8D,9D,10D,11D,12D,13D,15D,16D,19D,20D,23D,24D,25D,26D,27D,28D,29D,30D,31D,32D. The van der Waals surface area contributed by atoms with Gasteiger partial charge in [-0.25, -0.2) is 4.98 Å². The minimum absolute atomic E-state index is 0.216. The van der Waals surface area contributed by atoms with Crippen LogP contribution >= 0.6 is 0 Å². The lowest BCUT2D eigenvalue weighted by Crippen LogP contribution is -2.06. The lowest BCUT2D eigenvalue weighted by atomic mass is 10.0. The number of aromatic nitrogens is 5. The summed E-state index contributed by atoms with van der Waals surface area (Å²) in [5, 5.41) is -1.36. The summed E-state index contributed by atoms with van der Waals surface area (Å²) in [6.07, 6.45) is 0. The molecule has 0 aliphatic rings. The fraction of sp³-hybridized carbons (Fsp3) is 0. The first-order chi connectivity index (χ1) is 37.8. The number of fused-ring (bicyclic) bond motifs is 7. The molecule has 0 amide bonds. The van der Waals surface area contributed by atoms with E-state index >= 15 is 0 Å². The molecule has 262 valence electrons. The van der Waals surface area contributed by atoms with Crippen LogP contribution in [-0.2, 0) is 0 Å². The molecule has 0 radical (unpaired) electrons. The van der Waals surface area contributed by atoms with Gasteiger partial charge in [-0.2, -0.15) is 9.97 Å². The summed E-state index contributed by atoms with van der Waals surface area (Å²) < 4.78 is 218. The first-order valence-corrected chi connectivity index (χ1v) is 16.9. The zero-order valence-corrected chi connectivity index (χ0v) is 28.4. The van der Waals surface area contributed by atoms with Gasteiger partial charge in [-0.1, -0.05) is 169 Å². The van der Waals surface area contributed by atoms with Gasteiger partial charge in [-0.3, -0.25) is 4.57 Å². The van der Waals surface area contributed by atoms with Crippen LogP contribution in [0.5, 0.6) is 0 Å². The summed E-state index contributed by atoms with van der Waals surface area (Å²) >= 11 is 0. The van der Waals surface area contributed by atoms with E-state index in [1.807, 2.05) is 18.2 Å². The maximum Gasteiger partial charge on any atom is 0.238 e. The minimum atomic E-state index is -0.993. The largest absolute Gasteiger partial charge is 0.309 e. The molecule has 8 aromatic carbocycles. The molecule has 0 saturated heterocycles. The van der Waals surface area contributed by atoms with Crippen molar-refractivity contribution in [1.29, 1.82) is 0 Å². The van der Waals surface area contributed by atoms with Crippen LogP contribution in [0.3, 0.4) is 0 Å². The first kappa shape index (κ1) is 16.0. The molecule has 11 rings (SSSR count). The van der Waals surface area contributed by atoms with Crippen molar-refractivity contribution in [1.82, 2.24) is 24.1 Å². The molecule has 5 heteroatoms. The van der Waals surface area contributed by atoms with E-state index < -0.39 is 201 Å². The third kappa shape index (κ3) is 5.21. The van der Waals surface area contributed by atoms with Crippen LogP contribution in [0, 0.1) is 0 Å². The second kappa shape index (κ2) is 13.0. The van der Waals surface area contributed by atoms with E-state index in [0.717, 1.165) is 10.1 Å². The Bertz CT molecular complexity index is 4560. The summed E-state index contributed by atoms with van der Waals surface area (Å²) in [5.41, 5.74) is -2.70. The molecule has 0 spiro atoms. The number of hydrogen-bond donors (Lipinski definition) is 0. The van der Waals surface area contributed by atoms with E-state index in [4.69, 9.17) is 19.2 Å². The Morgan fingerprint density at radius 2 is 0.946 bits per heavy atom. The number of para-hydroxylation sites is 2. The van der Waals surface area contributed by atoms with Crippen molar-refractivity contribution in [3.63, 3.8) is 0 Å². The predicted octanol–water partition coefficient (Wildman–Crippen LogP) is 12.7. The average molecular weight is 740 g/mol. The highest BCUT2D eigenvalue weighted by atomic mass is 15.2. The maximum atomic E-state index is 9.81. The first-order valence-electron chi connectivity index (χ1n) is 28.9. The van der Waals surface area contributed by atoms with Crippen LogP contribution in [0.1, 0.15) is 32.9 Å². The Balaban J connectivity index is 1.38. The van der Waals surface area contributed by atoms with Crippen molar-refractivity contribution in [2.75, 3.05) is 0 Å². The molecule has 0 N–H and O–H groups in total. The van der Waals surface area contributed by atoms with Gasteiger partial charge in [-0.15, -0.1) is 0 Å². The fourth-order valence-corrected chi connectivity index (χ4v) is 6.71. The second-order valence-electron chi connectivity index (χ2n) is 12.3. The topological polar surface area (TPSA) is 48.5 Å². The molecule has 0 saturated carbocycles. The Kier molecular flexibility index (Phi) is 3.73. The quantitative estimate of drug-likeness (QED) is 0.171. The van der Waals surface area contributed by atoms with E-state index in [2.05, 4.69) is 15.0 Å². The van der Waals surface area contributed by atoms with Gasteiger partial charge in [-0.05, 0) is 52.5 Å². The number of hydrogen-bond acceptors (Lipinski definition) is 3. The third-order valence-electron chi connectivity index (χ3n) is 9.10. The van der Waals surface area contributed by atoms with Gasteiger partial charge in [0, 0.05) is 38.4 Å². The number of benzene rings is 8. The van der Waals surface area contributed by atoms with Crippen LogP contribution < -0.4 is 0 Å². The molecule has 0 fully saturated rings. The van der Waals surface area contributed by atoms with E-state index in [0.29, 0.717) is 5.56 Å². The number of rotatable bonds is 6. The van der Waals surface area contributed by atoms with Crippen LogP contribution in [0.25, 0.3) is 100 Å². The zero-order valence-electron chi connectivity index (χ0n) is 52.4. The van der Waals surface area contributed by atoms with Crippen LogP contribution in [0.4, 0.5) is 0 Å². The van der Waals surface area contributed by atoms with Gasteiger partial charge >= 0.3 is 0 Å². The normalized spacial score (nSPS) is 17.6.